The van der Waals surface area contributed by atoms with Gasteiger partial charge in [0.25, 0.3) is 5.91 Å². The van der Waals surface area contributed by atoms with Crippen LogP contribution in [-0.4, -0.2) is 27.4 Å². The van der Waals surface area contributed by atoms with E-state index in [2.05, 4.69) is 27.2 Å². The second-order valence-corrected chi connectivity index (χ2v) is 8.36. The normalized spacial score (nSPS) is 11.8. The first-order valence-corrected chi connectivity index (χ1v) is 11.4. The molecule has 0 saturated carbocycles. The van der Waals surface area contributed by atoms with Gasteiger partial charge < -0.3 is 4.57 Å². The molecule has 0 atom stereocenters. The van der Waals surface area contributed by atoms with Gasteiger partial charge in [0.05, 0.1) is 34.6 Å². The van der Waals surface area contributed by atoms with Gasteiger partial charge in [0, 0.05) is 0 Å². The lowest BCUT2D eigenvalue weighted by Gasteiger charge is -2.09. The predicted molar refractivity (Wildman–Crippen MR) is 133 cm³/mol. The highest BCUT2D eigenvalue weighted by Crippen LogP contribution is 2.25. The zero-order valence-corrected chi connectivity index (χ0v) is 18.8. The summed E-state index contributed by atoms with van der Waals surface area (Å²) >= 11 is 7.54. The van der Waals surface area contributed by atoms with Gasteiger partial charge in [-0.2, -0.15) is 5.10 Å². The molecule has 1 N–H and O–H groups in total. The van der Waals surface area contributed by atoms with E-state index in [1.807, 2.05) is 72.8 Å². The first-order chi connectivity index (χ1) is 15.7. The van der Waals surface area contributed by atoms with Crippen molar-refractivity contribution < 1.29 is 4.79 Å². The van der Waals surface area contributed by atoms with Crippen LogP contribution in [0.25, 0.3) is 17.1 Å². The Hall–Kier alpha value is -3.35. The molecule has 160 valence electrons. The smallest absolute Gasteiger partial charge is 0.250 e. The van der Waals surface area contributed by atoms with Gasteiger partial charge in [-0.25, -0.2) is 10.4 Å². The Morgan fingerprint density at radius 2 is 1.69 bits per heavy atom. The number of benzene rings is 3. The monoisotopic (exact) mass is 460 g/mol. The molecule has 0 aliphatic carbocycles. The number of imidazole rings is 1. The fourth-order valence-corrected chi connectivity index (χ4v) is 4.14. The van der Waals surface area contributed by atoms with Crippen LogP contribution in [0.15, 0.2) is 100 Å². The van der Waals surface area contributed by atoms with Gasteiger partial charge in [-0.15, -0.1) is 0 Å². The Kier molecular flexibility index (Phi) is 7.38. The predicted octanol–water partition coefficient (Wildman–Crippen LogP) is 5.56. The summed E-state index contributed by atoms with van der Waals surface area (Å²) in [6.07, 6.45) is 3.19. The molecule has 0 fully saturated rings. The number of hydrazone groups is 1. The second kappa shape index (κ2) is 10.8. The molecule has 3 aromatic carbocycles. The molecule has 0 bridgehead atoms. The molecular formula is C25H21ClN4OS. The number of amides is 1. The van der Waals surface area contributed by atoms with Crippen LogP contribution in [0.1, 0.15) is 11.1 Å². The number of thioether (sulfide) groups is 1. The minimum Gasteiger partial charge on any atom is -0.314 e. The Balaban J connectivity index is 1.40. The summed E-state index contributed by atoms with van der Waals surface area (Å²) in [5.41, 5.74) is 6.60. The van der Waals surface area contributed by atoms with Crippen LogP contribution in [0, 0.1) is 0 Å². The van der Waals surface area contributed by atoms with E-state index in [1.165, 1.54) is 23.5 Å². The topological polar surface area (TPSA) is 59.3 Å². The average Bonchev–Trinajstić information content (AvgIpc) is 3.16. The van der Waals surface area contributed by atoms with Gasteiger partial charge in [0.2, 0.25) is 0 Å². The van der Waals surface area contributed by atoms with Gasteiger partial charge in [-0.05, 0) is 29.3 Å². The van der Waals surface area contributed by atoms with Gasteiger partial charge in [-0.3, -0.25) is 4.79 Å². The number of fused-ring (bicyclic) bond motifs is 1. The molecule has 0 saturated heterocycles. The fourth-order valence-electron chi connectivity index (χ4n) is 3.16. The van der Waals surface area contributed by atoms with E-state index >= 15 is 0 Å². The molecule has 0 unspecified atom stereocenters. The number of carbonyl (C=O) groups is 1. The summed E-state index contributed by atoms with van der Waals surface area (Å²) in [7, 11) is 0. The van der Waals surface area contributed by atoms with Gasteiger partial charge in [0.15, 0.2) is 5.16 Å². The third-order valence-electron chi connectivity index (χ3n) is 4.62. The molecule has 5 nitrogen and oxygen atoms in total. The summed E-state index contributed by atoms with van der Waals surface area (Å²) in [5, 5.41) is 5.16. The molecular weight excluding hydrogens is 440 g/mol. The van der Waals surface area contributed by atoms with Crippen molar-refractivity contribution in [2.45, 2.75) is 11.7 Å². The van der Waals surface area contributed by atoms with E-state index in [4.69, 9.17) is 16.6 Å². The number of hydrogen-bond acceptors (Lipinski definition) is 4. The lowest BCUT2D eigenvalue weighted by Crippen LogP contribution is -2.20. The van der Waals surface area contributed by atoms with Crippen molar-refractivity contribution in [2.75, 3.05) is 5.75 Å². The van der Waals surface area contributed by atoms with E-state index in [9.17, 15) is 4.79 Å². The Morgan fingerprint density at radius 3 is 2.47 bits per heavy atom. The van der Waals surface area contributed by atoms with Crippen LogP contribution in [0.5, 0.6) is 0 Å². The zero-order chi connectivity index (χ0) is 22.2. The minimum atomic E-state index is -0.228. The summed E-state index contributed by atoms with van der Waals surface area (Å²) < 4.78 is 2.13. The van der Waals surface area contributed by atoms with E-state index < -0.39 is 0 Å². The molecule has 4 aromatic rings. The first-order valence-electron chi connectivity index (χ1n) is 10.1. The number of hydrogen-bond donors (Lipinski definition) is 1. The Bertz CT molecular complexity index is 1250. The maximum absolute atomic E-state index is 12.3. The molecule has 1 amide bonds. The highest BCUT2D eigenvalue weighted by Gasteiger charge is 2.13. The third kappa shape index (κ3) is 5.87. The van der Waals surface area contributed by atoms with Crippen molar-refractivity contribution >= 4 is 52.6 Å². The van der Waals surface area contributed by atoms with Crippen molar-refractivity contribution in [3.05, 3.63) is 101 Å². The van der Waals surface area contributed by atoms with Crippen molar-refractivity contribution in [3.8, 4) is 0 Å². The summed E-state index contributed by atoms with van der Waals surface area (Å²) in [4.78, 5) is 17.0. The van der Waals surface area contributed by atoms with Crippen LogP contribution in [0.3, 0.4) is 0 Å². The zero-order valence-electron chi connectivity index (χ0n) is 17.2. The number of rotatable bonds is 8. The highest BCUT2D eigenvalue weighted by molar-refractivity contribution is 7.99. The molecule has 0 aliphatic rings. The van der Waals surface area contributed by atoms with Crippen LogP contribution in [0.4, 0.5) is 0 Å². The SMILES string of the molecule is O=C(CSc1nc2ccccc2n1Cc1ccccc1)N/N=C/C(Cl)=C/c1ccccc1. The Morgan fingerprint density at radius 1 is 1.00 bits per heavy atom. The number of aromatic nitrogens is 2. The first kappa shape index (κ1) is 21.9. The van der Waals surface area contributed by atoms with Crippen LogP contribution >= 0.6 is 23.4 Å². The number of nitrogens with zero attached hydrogens (tertiary/aromatic N) is 3. The number of nitrogens with one attached hydrogen (secondary N) is 1. The van der Waals surface area contributed by atoms with E-state index in [1.54, 1.807) is 6.08 Å². The van der Waals surface area contributed by atoms with Crippen LogP contribution in [-0.2, 0) is 11.3 Å². The molecule has 7 heteroatoms. The molecule has 0 radical (unpaired) electrons. The van der Waals surface area contributed by atoms with Crippen molar-refractivity contribution in [3.63, 3.8) is 0 Å². The molecule has 4 rings (SSSR count). The lowest BCUT2D eigenvalue weighted by molar-refractivity contribution is -0.118. The average molecular weight is 461 g/mol. The van der Waals surface area contributed by atoms with E-state index in [0.717, 1.165) is 21.8 Å². The number of halogens is 1. The van der Waals surface area contributed by atoms with E-state index in [-0.39, 0.29) is 11.7 Å². The number of para-hydroxylation sites is 2. The minimum absolute atomic E-state index is 0.190. The molecule has 1 heterocycles. The van der Waals surface area contributed by atoms with Gasteiger partial charge in [0.1, 0.15) is 0 Å². The van der Waals surface area contributed by atoms with Crippen molar-refractivity contribution in [2.24, 2.45) is 5.10 Å². The quantitative estimate of drug-likeness (QED) is 0.213. The van der Waals surface area contributed by atoms with Crippen molar-refractivity contribution in [1.82, 2.24) is 15.0 Å². The maximum Gasteiger partial charge on any atom is 0.250 e. The standard InChI is InChI=1S/C25H21ClN4OS/c26-21(15-19-9-3-1-4-10-19)16-27-29-24(31)18-32-25-28-22-13-7-8-14-23(22)30(25)17-20-11-5-2-6-12-20/h1-16H,17-18H2,(H,29,31)/b21-15-,27-16+. The van der Waals surface area contributed by atoms with Crippen molar-refractivity contribution in [1.29, 1.82) is 0 Å². The summed E-state index contributed by atoms with van der Waals surface area (Å²) in [6, 6.07) is 27.8. The Labute approximate surface area is 195 Å². The van der Waals surface area contributed by atoms with E-state index in [0.29, 0.717) is 11.6 Å². The largest absolute Gasteiger partial charge is 0.314 e. The molecule has 32 heavy (non-hydrogen) atoms. The van der Waals surface area contributed by atoms with Crippen LogP contribution < -0.4 is 5.43 Å². The molecule has 0 spiro atoms. The van der Waals surface area contributed by atoms with Gasteiger partial charge in [-0.1, -0.05) is 96.2 Å². The summed E-state index contributed by atoms with van der Waals surface area (Å²) in [6.45, 7) is 0.684. The van der Waals surface area contributed by atoms with Crippen LogP contribution in [0.2, 0.25) is 0 Å². The highest BCUT2D eigenvalue weighted by atomic mass is 35.5. The lowest BCUT2D eigenvalue weighted by atomic mass is 10.2. The third-order valence-corrected chi connectivity index (χ3v) is 5.80. The van der Waals surface area contributed by atoms with Gasteiger partial charge >= 0.3 is 0 Å². The maximum atomic E-state index is 12.3. The second-order valence-electron chi connectivity index (χ2n) is 6.98. The fraction of sp³-hybridized carbons (Fsp3) is 0.0800. The molecule has 1 aromatic heterocycles. The number of allylic oxidation sites excluding steroid dienone is 1. The number of carbonyl (C=O) groups excluding carboxylic acids is 1. The molecule has 0 aliphatic heterocycles. The summed E-state index contributed by atoms with van der Waals surface area (Å²) in [5.74, 6) is -0.0381.